The summed E-state index contributed by atoms with van der Waals surface area (Å²) in [6.07, 6.45) is 2.20. The fourth-order valence-electron chi connectivity index (χ4n) is 3.42. The monoisotopic (exact) mass is 382 g/mol. The van der Waals surface area contributed by atoms with Crippen molar-refractivity contribution in [1.29, 1.82) is 0 Å². The van der Waals surface area contributed by atoms with E-state index in [9.17, 15) is 13.2 Å². The minimum absolute atomic E-state index is 0.0682. The molecule has 1 aliphatic heterocycles. The molecule has 1 fully saturated rings. The molecule has 1 aliphatic rings. The van der Waals surface area contributed by atoms with Crippen LogP contribution < -0.4 is 10.1 Å². The zero-order valence-corrected chi connectivity index (χ0v) is 16.9. The maximum absolute atomic E-state index is 12.8. The van der Waals surface area contributed by atoms with Gasteiger partial charge in [-0.25, -0.2) is 12.7 Å². The zero-order valence-electron chi connectivity index (χ0n) is 16.1. The van der Waals surface area contributed by atoms with Gasteiger partial charge in [0, 0.05) is 13.1 Å². The predicted octanol–water partition coefficient (Wildman–Crippen LogP) is 2.63. The van der Waals surface area contributed by atoms with Gasteiger partial charge in [0.1, 0.15) is 5.75 Å². The molecule has 1 heterocycles. The number of nitrogens with zero attached hydrogens (tertiary/aromatic N) is 1. The molecule has 0 aliphatic carbocycles. The van der Waals surface area contributed by atoms with Crippen LogP contribution in [-0.4, -0.2) is 44.6 Å². The molecule has 2 rings (SSSR count). The second-order valence-electron chi connectivity index (χ2n) is 6.80. The summed E-state index contributed by atoms with van der Waals surface area (Å²) in [5.74, 6) is 0.534. The molecule has 1 aromatic carbocycles. The van der Waals surface area contributed by atoms with Crippen LogP contribution in [0, 0.1) is 12.8 Å². The van der Waals surface area contributed by atoms with Crippen molar-refractivity contribution in [3.05, 3.63) is 29.3 Å². The molecule has 0 unspecified atom stereocenters. The molecule has 2 atom stereocenters. The van der Waals surface area contributed by atoms with Crippen LogP contribution in [0.25, 0.3) is 0 Å². The number of sulfonamides is 1. The molecule has 1 N–H and O–H groups in total. The molecule has 0 saturated carbocycles. The van der Waals surface area contributed by atoms with Crippen molar-refractivity contribution in [3.63, 3.8) is 0 Å². The average Bonchev–Trinajstić information content (AvgIpc) is 2.65. The quantitative estimate of drug-likeness (QED) is 0.787. The van der Waals surface area contributed by atoms with Gasteiger partial charge in [-0.3, -0.25) is 4.79 Å². The van der Waals surface area contributed by atoms with E-state index in [0.29, 0.717) is 6.54 Å². The van der Waals surface area contributed by atoms with E-state index >= 15 is 0 Å². The van der Waals surface area contributed by atoms with Crippen LogP contribution in [0.15, 0.2) is 18.2 Å². The van der Waals surface area contributed by atoms with Gasteiger partial charge in [-0.2, -0.15) is 0 Å². The van der Waals surface area contributed by atoms with Gasteiger partial charge in [-0.1, -0.05) is 19.1 Å². The van der Waals surface area contributed by atoms with Crippen molar-refractivity contribution in [3.8, 4) is 5.75 Å². The Morgan fingerprint density at radius 3 is 2.69 bits per heavy atom. The number of amides is 1. The fourth-order valence-corrected chi connectivity index (χ4v) is 4.60. The van der Waals surface area contributed by atoms with E-state index < -0.39 is 10.0 Å². The molecular formula is C19H30N2O4S. The first-order valence-corrected chi connectivity index (χ1v) is 10.9. The van der Waals surface area contributed by atoms with Gasteiger partial charge in [0.15, 0.2) is 0 Å². The zero-order chi connectivity index (χ0) is 19.3. The van der Waals surface area contributed by atoms with Crippen molar-refractivity contribution in [2.24, 2.45) is 5.92 Å². The number of ether oxygens (including phenoxy) is 1. The largest absolute Gasteiger partial charge is 0.496 e. The molecule has 0 radical (unpaired) electrons. The lowest BCUT2D eigenvalue weighted by atomic mass is 9.96. The first-order valence-electron chi connectivity index (χ1n) is 9.25. The molecule has 146 valence electrons. The van der Waals surface area contributed by atoms with Crippen LogP contribution in [-0.2, 0) is 14.8 Å². The maximum atomic E-state index is 12.8. The number of aryl methyl sites for hydroxylation is 1. The summed E-state index contributed by atoms with van der Waals surface area (Å²) in [5.41, 5.74) is 2.06. The van der Waals surface area contributed by atoms with Crippen molar-refractivity contribution in [2.75, 3.05) is 26.0 Å². The third-order valence-corrected chi connectivity index (χ3v) is 6.91. The minimum Gasteiger partial charge on any atom is -0.496 e. The van der Waals surface area contributed by atoms with Crippen LogP contribution in [0.3, 0.4) is 0 Å². The number of nitrogens with one attached hydrogen (secondary N) is 1. The lowest BCUT2D eigenvalue weighted by molar-refractivity contribution is -0.126. The standard InChI is InChI=1S/C19H30N2O4S/c1-5-17(15-9-10-18(25-4)14(3)12-15)20-19(22)16-8-7-11-21(13-16)26(23,24)6-2/h9-10,12,16-17H,5-8,11,13H2,1-4H3,(H,20,22)/t16-,17-/m1/s1. The summed E-state index contributed by atoms with van der Waals surface area (Å²) in [6, 6.07) is 5.82. The summed E-state index contributed by atoms with van der Waals surface area (Å²) < 4.78 is 31.0. The topological polar surface area (TPSA) is 75.7 Å². The summed E-state index contributed by atoms with van der Waals surface area (Å²) >= 11 is 0. The van der Waals surface area contributed by atoms with E-state index in [2.05, 4.69) is 5.32 Å². The molecule has 1 saturated heterocycles. The Balaban J connectivity index is 2.08. The highest BCUT2D eigenvalue weighted by atomic mass is 32.2. The molecule has 0 spiro atoms. The van der Waals surface area contributed by atoms with Crippen molar-refractivity contribution in [1.82, 2.24) is 9.62 Å². The second-order valence-corrected chi connectivity index (χ2v) is 9.05. The van der Waals surface area contributed by atoms with Gasteiger partial charge in [-0.15, -0.1) is 0 Å². The van der Waals surface area contributed by atoms with E-state index in [4.69, 9.17) is 4.74 Å². The van der Waals surface area contributed by atoms with Gasteiger partial charge in [0.25, 0.3) is 0 Å². The number of carbonyl (C=O) groups is 1. The number of hydrogen-bond acceptors (Lipinski definition) is 4. The van der Waals surface area contributed by atoms with Crippen LogP contribution in [0.5, 0.6) is 5.75 Å². The summed E-state index contributed by atoms with van der Waals surface area (Å²) in [5, 5.41) is 3.11. The second kappa shape index (κ2) is 8.86. The van der Waals surface area contributed by atoms with Crippen LogP contribution in [0.2, 0.25) is 0 Å². The minimum atomic E-state index is -3.25. The fraction of sp³-hybridized carbons (Fsp3) is 0.632. The van der Waals surface area contributed by atoms with Gasteiger partial charge in [-0.05, 0) is 50.3 Å². The average molecular weight is 383 g/mol. The van der Waals surface area contributed by atoms with E-state index in [-0.39, 0.29) is 30.2 Å². The van der Waals surface area contributed by atoms with E-state index in [0.717, 1.165) is 36.1 Å². The Kier molecular flexibility index (Phi) is 7.06. The molecule has 1 amide bonds. The van der Waals surface area contributed by atoms with E-state index in [1.54, 1.807) is 14.0 Å². The highest BCUT2D eigenvalue weighted by Crippen LogP contribution is 2.26. The Morgan fingerprint density at radius 2 is 2.12 bits per heavy atom. The normalized spacial score (nSPS) is 19.8. The lowest BCUT2D eigenvalue weighted by Gasteiger charge is -2.32. The predicted molar refractivity (Wildman–Crippen MR) is 103 cm³/mol. The van der Waals surface area contributed by atoms with Gasteiger partial charge in [0.2, 0.25) is 15.9 Å². The number of benzene rings is 1. The highest BCUT2D eigenvalue weighted by molar-refractivity contribution is 7.89. The van der Waals surface area contributed by atoms with Gasteiger partial charge < -0.3 is 10.1 Å². The Bertz CT molecular complexity index is 733. The Labute approximate surface area is 157 Å². The summed E-state index contributed by atoms with van der Waals surface area (Å²) in [7, 11) is -1.61. The van der Waals surface area contributed by atoms with Gasteiger partial charge >= 0.3 is 0 Å². The van der Waals surface area contributed by atoms with Gasteiger partial charge in [0.05, 0.1) is 24.8 Å². The molecule has 0 aromatic heterocycles. The summed E-state index contributed by atoms with van der Waals surface area (Å²) in [6.45, 7) is 6.43. The SMILES string of the molecule is CC[C@@H](NC(=O)[C@@H]1CCCN(S(=O)(=O)CC)C1)c1ccc(OC)c(C)c1. The van der Waals surface area contributed by atoms with Crippen molar-refractivity contribution < 1.29 is 17.9 Å². The summed E-state index contributed by atoms with van der Waals surface area (Å²) in [4.78, 5) is 12.8. The number of hydrogen-bond donors (Lipinski definition) is 1. The van der Waals surface area contributed by atoms with Crippen LogP contribution in [0.1, 0.15) is 50.3 Å². The number of carbonyl (C=O) groups excluding carboxylic acids is 1. The van der Waals surface area contributed by atoms with Crippen molar-refractivity contribution >= 4 is 15.9 Å². The van der Waals surface area contributed by atoms with E-state index in [1.165, 1.54) is 4.31 Å². The maximum Gasteiger partial charge on any atom is 0.224 e. The smallest absolute Gasteiger partial charge is 0.224 e. The molecule has 6 nitrogen and oxygen atoms in total. The molecule has 1 aromatic rings. The van der Waals surface area contributed by atoms with Crippen LogP contribution in [0.4, 0.5) is 0 Å². The molecular weight excluding hydrogens is 352 g/mol. The highest BCUT2D eigenvalue weighted by Gasteiger charge is 2.32. The Morgan fingerprint density at radius 1 is 1.38 bits per heavy atom. The van der Waals surface area contributed by atoms with E-state index in [1.807, 2.05) is 32.0 Å². The van der Waals surface area contributed by atoms with Crippen LogP contribution >= 0.6 is 0 Å². The molecule has 0 bridgehead atoms. The first-order chi connectivity index (χ1) is 12.3. The first kappa shape index (κ1) is 20.7. The number of piperidine rings is 1. The molecule has 26 heavy (non-hydrogen) atoms. The molecule has 7 heteroatoms. The number of rotatable bonds is 7. The number of methoxy groups -OCH3 is 1. The third kappa shape index (κ3) is 4.76. The third-order valence-electron chi connectivity index (χ3n) is 5.06. The Hall–Kier alpha value is -1.60. The van der Waals surface area contributed by atoms with Crippen molar-refractivity contribution in [2.45, 2.75) is 46.1 Å². The lowest BCUT2D eigenvalue weighted by Crippen LogP contribution is -2.46.